The van der Waals surface area contributed by atoms with E-state index in [1.807, 2.05) is 11.8 Å². The van der Waals surface area contributed by atoms with Crippen molar-refractivity contribution >= 4 is 35.1 Å². The van der Waals surface area contributed by atoms with Crippen LogP contribution >= 0.6 is 24.2 Å². The van der Waals surface area contributed by atoms with Crippen LogP contribution in [0.3, 0.4) is 0 Å². The van der Waals surface area contributed by atoms with Crippen molar-refractivity contribution in [2.24, 2.45) is 0 Å². The quantitative estimate of drug-likeness (QED) is 0.786. The first kappa shape index (κ1) is 15.6. The van der Waals surface area contributed by atoms with E-state index in [9.17, 15) is 0 Å². The fraction of sp³-hybridized carbons (Fsp3) is 0.438. The normalized spacial score (nSPS) is 16.0. The minimum Gasteiger partial charge on any atom is -0.303 e. The first-order chi connectivity index (χ1) is 9.42. The third-order valence-electron chi connectivity index (χ3n) is 3.68. The van der Waals surface area contributed by atoms with Crippen LogP contribution in [-0.4, -0.2) is 35.3 Å². The predicted molar refractivity (Wildman–Crippen MR) is 90.0 cm³/mol. The predicted octanol–water partition coefficient (Wildman–Crippen LogP) is 4.23. The van der Waals surface area contributed by atoms with E-state index in [-0.39, 0.29) is 12.4 Å². The summed E-state index contributed by atoms with van der Waals surface area (Å²) in [6.07, 6.45) is 4.16. The Balaban J connectivity index is 0.00000147. The van der Waals surface area contributed by atoms with Crippen LogP contribution in [0, 0.1) is 0 Å². The van der Waals surface area contributed by atoms with Gasteiger partial charge in [0.1, 0.15) is 0 Å². The van der Waals surface area contributed by atoms with Crippen LogP contribution < -0.4 is 0 Å². The van der Waals surface area contributed by atoms with Gasteiger partial charge in [-0.25, -0.2) is 4.98 Å². The molecule has 1 aromatic carbocycles. The third-order valence-corrected chi connectivity index (χ3v) is 4.59. The Kier molecular flexibility index (Phi) is 6.14. The lowest BCUT2D eigenvalue weighted by molar-refractivity contribution is 0.242. The molecule has 0 amide bonds. The molecule has 0 radical (unpaired) electrons. The summed E-state index contributed by atoms with van der Waals surface area (Å²) < 4.78 is 0. The largest absolute Gasteiger partial charge is 0.303 e. The van der Waals surface area contributed by atoms with Gasteiger partial charge >= 0.3 is 0 Å². The van der Waals surface area contributed by atoms with E-state index in [2.05, 4.69) is 41.3 Å². The van der Waals surface area contributed by atoms with E-state index >= 15 is 0 Å². The second-order valence-corrected chi connectivity index (χ2v) is 6.21. The van der Waals surface area contributed by atoms with E-state index < -0.39 is 0 Å². The highest BCUT2D eigenvalue weighted by Crippen LogP contribution is 2.20. The van der Waals surface area contributed by atoms with Crippen molar-refractivity contribution in [3.8, 4) is 0 Å². The lowest BCUT2D eigenvalue weighted by atomic mass is 10.1. The molecule has 108 valence electrons. The van der Waals surface area contributed by atoms with Gasteiger partial charge in [-0.05, 0) is 38.1 Å². The maximum absolute atomic E-state index is 4.70. The van der Waals surface area contributed by atoms with E-state index in [1.54, 1.807) is 0 Å². The Bertz CT molecular complexity index is 541. The number of thioether (sulfide) groups is 1. The molecule has 2 heterocycles. The molecule has 4 heteroatoms. The van der Waals surface area contributed by atoms with Gasteiger partial charge in [-0.2, -0.15) is 0 Å². The molecule has 3 rings (SSSR count). The number of benzene rings is 1. The molecular formula is C16H21ClN2S. The molecule has 1 aromatic heterocycles. The molecular weight excluding hydrogens is 288 g/mol. The van der Waals surface area contributed by atoms with Crippen molar-refractivity contribution in [2.75, 3.05) is 25.4 Å². The fourth-order valence-electron chi connectivity index (χ4n) is 2.59. The minimum absolute atomic E-state index is 0. The second-order valence-electron chi connectivity index (χ2n) is 5.09. The van der Waals surface area contributed by atoms with Crippen LogP contribution in [0.2, 0.25) is 0 Å². The van der Waals surface area contributed by atoms with Crippen LogP contribution in [0.5, 0.6) is 0 Å². The SMILES string of the molecule is Cl.c1ccc2nc(SCCN3CCCCC3)ccc2c1. The summed E-state index contributed by atoms with van der Waals surface area (Å²) in [5.74, 6) is 1.14. The van der Waals surface area contributed by atoms with E-state index in [4.69, 9.17) is 4.98 Å². The van der Waals surface area contributed by atoms with Crippen molar-refractivity contribution in [1.82, 2.24) is 9.88 Å². The third kappa shape index (κ3) is 4.11. The molecule has 0 saturated carbocycles. The number of rotatable bonds is 4. The van der Waals surface area contributed by atoms with Crippen molar-refractivity contribution in [3.63, 3.8) is 0 Å². The van der Waals surface area contributed by atoms with E-state index in [0.29, 0.717) is 0 Å². The standard InChI is InChI=1S/C16H20N2S.ClH/c1-4-10-18(11-5-1)12-13-19-16-9-8-14-6-2-3-7-15(14)17-16;/h2-3,6-9H,1,4-5,10-13H2;1H. The van der Waals surface area contributed by atoms with Crippen molar-refractivity contribution in [1.29, 1.82) is 0 Å². The number of likely N-dealkylation sites (tertiary alicyclic amines) is 1. The Morgan fingerprint density at radius 1 is 1.00 bits per heavy atom. The lowest BCUT2D eigenvalue weighted by Gasteiger charge is -2.25. The van der Waals surface area contributed by atoms with Crippen molar-refractivity contribution < 1.29 is 0 Å². The van der Waals surface area contributed by atoms with Gasteiger partial charge in [-0.3, -0.25) is 0 Å². The highest BCUT2D eigenvalue weighted by molar-refractivity contribution is 7.99. The number of piperidine rings is 1. The summed E-state index contributed by atoms with van der Waals surface area (Å²) in [6.45, 7) is 3.76. The summed E-state index contributed by atoms with van der Waals surface area (Å²) >= 11 is 1.88. The summed E-state index contributed by atoms with van der Waals surface area (Å²) in [7, 11) is 0. The highest BCUT2D eigenvalue weighted by atomic mass is 35.5. The van der Waals surface area contributed by atoms with Crippen LogP contribution in [0.4, 0.5) is 0 Å². The first-order valence-corrected chi connectivity index (χ1v) is 8.11. The van der Waals surface area contributed by atoms with Gasteiger partial charge < -0.3 is 4.90 Å². The van der Waals surface area contributed by atoms with Gasteiger partial charge in [0.05, 0.1) is 10.5 Å². The Labute approximate surface area is 131 Å². The number of para-hydroxylation sites is 1. The average molecular weight is 309 g/mol. The van der Waals surface area contributed by atoms with Gasteiger partial charge in [0, 0.05) is 17.7 Å². The van der Waals surface area contributed by atoms with Crippen LogP contribution in [0.1, 0.15) is 19.3 Å². The summed E-state index contributed by atoms with van der Waals surface area (Å²) in [5.41, 5.74) is 1.10. The molecule has 0 atom stereocenters. The number of aromatic nitrogens is 1. The zero-order valence-electron chi connectivity index (χ0n) is 11.6. The summed E-state index contributed by atoms with van der Waals surface area (Å²) in [4.78, 5) is 7.28. The fourth-order valence-corrected chi connectivity index (χ4v) is 3.48. The zero-order valence-corrected chi connectivity index (χ0v) is 13.3. The molecule has 1 aliphatic rings. The van der Waals surface area contributed by atoms with Gasteiger partial charge in [-0.1, -0.05) is 30.7 Å². The molecule has 1 saturated heterocycles. The molecule has 1 aliphatic heterocycles. The van der Waals surface area contributed by atoms with Crippen molar-refractivity contribution in [2.45, 2.75) is 24.3 Å². The molecule has 0 unspecified atom stereocenters. The Morgan fingerprint density at radius 3 is 2.65 bits per heavy atom. The average Bonchev–Trinajstić information content (AvgIpc) is 2.48. The van der Waals surface area contributed by atoms with Crippen LogP contribution in [0.25, 0.3) is 10.9 Å². The smallest absolute Gasteiger partial charge is 0.0968 e. The molecule has 2 aromatic rings. The number of fused-ring (bicyclic) bond motifs is 1. The minimum atomic E-state index is 0. The van der Waals surface area contributed by atoms with Gasteiger partial charge in [0.25, 0.3) is 0 Å². The lowest BCUT2D eigenvalue weighted by Crippen LogP contribution is -2.31. The van der Waals surface area contributed by atoms with Crippen LogP contribution in [-0.2, 0) is 0 Å². The maximum atomic E-state index is 4.70. The topological polar surface area (TPSA) is 16.1 Å². The van der Waals surface area contributed by atoms with Gasteiger partial charge in [0.15, 0.2) is 0 Å². The molecule has 0 N–H and O–H groups in total. The number of halogens is 1. The number of hydrogen-bond donors (Lipinski definition) is 0. The number of pyridine rings is 1. The summed E-state index contributed by atoms with van der Waals surface area (Å²) in [5, 5.41) is 2.37. The highest BCUT2D eigenvalue weighted by Gasteiger charge is 2.09. The van der Waals surface area contributed by atoms with Crippen LogP contribution in [0.15, 0.2) is 41.4 Å². The molecule has 0 spiro atoms. The summed E-state index contributed by atoms with van der Waals surface area (Å²) in [6, 6.07) is 12.6. The van der Waals surface area contributed by atoms with Gasteiger partial charge in [-0.15, -0.1) is 24.2 Å². The number of nitrogens with zero attached hydrogens (tertiary/aromatic N) is 2. The second kappa shape index (κ2) is 7.87. The van der Waals surface area contributed by atoms with E-state index in [1.165, 1.54) is 44.3 Å². The Morgan fingerprint density at radius 2 is 1.80 bits per heavy atom. The number of hydrogen-bond acceptors (Lipinski definition) is 3. The molecule has 0 aliphatic carbocycles. The Hall–Kier alpha value is -0.770. The molecule has 0 bridgehead atoms. The monoisotopic (exact) mass is 308 g/mol. The van der Waals surface area contributed by atoms with Crippen molar-refractivity contribution in [3.05, 3.63) is 36.4 Å². The zero-order chi connectivity index (χ0) is 12.9. The maximum Gasteiger partial charge on any atom is 0.0968 e. The first-order valence-electron chi connectivity index (χ1n) is 7.13. The van der Waals surface area contributed by atoms with E-state index in [0.717, 1.165) is 16.3 Å². The molecule has 2 nitrogen and oxygen atoms in total. The molecule has 20 heavy (non-hydrogen) atoms. The van der Waals surface area contributed by atoms with Gasteiger partial charge in [0.2, 0.25) is 0 Å². The molecule has 1 fully saturated rings.